The van der Waals surface area contributed by atoms with Gasteiger partial charge in [-0.2, -0.15) is 5.26 Å². The highest BCUT2D eigenvalue weighted by Gasteiger charge is 2.25. The van der Waals surface area contributed by atoms with E-state index in [2.05, 4.69) is 10.3 Å². The van der Waals surface area contributed by atoms with Crippen LogP contribution < -0.4 is 5.32 Å². The Bertz CT molecular complexity index is 758. The molecule has 2 aromatic rings. The fraction of sp³-hybridized carbons (Fsp3) is 0.357. The number of rotatable bonds is 3. The van der Waals surface area contributed by atoms with Crippen molar-refractivity contribution in [2.45, 2.75) is 32.7 Å². The van der Waals surface area contributed by atoms with Crippen LogP contribution in [0.3, 0.4) is 0 Å². The number of fused-ring (bicyclic) bond motifs is 1. The van der Waals surface area contributed by atoms with Crippen molar-refractivity contribution in [3.05, 3.63) is 28.0 Å². The summed E-state index contributed by atoms with van der Waals surface area (Å²) < 4.78 is 1.93. The average molecular weight is 286 g/mol. The van der Waals surface area contributed by atoms with E-state index in [4.69, 9.17) is 0 Å². The van der Waals surface area contributed by atoms with Gasteiger partial charge in [0.25, 0.3) is 5.91 Å². The lowest BCUT2D eigenvalue weighted by Crippen LogP contribution is -2.26. The van der Waals surface area contributed by atoms with Crippen molar-refractivity contribution in [1.29, 1.82) is 5.26 Å². The van der Waals surface area contributed by atoms with Gasteiger partial charge in [-0.05, 0) is 32.8 Å². The van der Waals surface area contributed by atoms with Crippen LogP contribution in [0.1, 0.15) is 29.1 Å². The Morgan fingerprint density at radius 3 is 3.00 bits per heavy atom. The topological polar surface area (TPSA) is 70.2 Å². The third-order valence-corrected chi connectivity index (χ3v) is 4.12. The first-order valence-electron chi connectivity index (χ1n) is 6.46. The molecule has 20 heavy (non-hydrogen) atoms. The van der Waals surface area contributed by atoms with Crippen LogP contribution in [-0.2, 0) is 4.79 Å². The van der Waals surface area contributed by atoms with Gasteiger partial charge in [0.15, 0.2) is 4.96 Å². The molecule has 5 nitrogen and oxygen atoms in total. The first kappa shape index (κ1) is 12.9. The number of nitrogens with one attached hydrogen (secondary N) is 1. The van der Waals surface area contributed by atoms with Crippen LogP contribution in [0.2, 0.25) is 0 Å². The van der Waals surface area contributed by atoms with Gasteiger partial charge in [-0.15, -0.1) is 11.3 Å². The lowest BCUT2D eigenvalue weighted by Gasteiger charge is -2.01. The Labute approximate surface area is 120 Å². The molecule has 1 aliphatic carbocycles. The molecule has 1 saturated carbocycles. The maximum absolute atomic E-state index is 12.0. The second-order valence-electron chi connectivity index (χ2n) is 4.99. The summed E-state index contributed by atoms with van der Waals surface area (Å²) in [6.45, 7) is 3.89. The Hall–Kier alpha value is -2.13. The smallest absolute Gasteiger partial charge is 0.262 e. The van der Waals surface area contributed by atoms with Gasteiger partial charge in [0.05, 0.1) is 11.4 Å². The van der Waals surface area contributed by atoms with Crippen molar-refractivity contribution in [3.8, 4) is 6.07 Å². The molecule has 0 aliphatic heterocycles. The van der Waals surface area contributed by atoms with Crippen LogP contribution >= 0.6 is 11.3 Å². The molecule has 3 rings (SSSR count). The lowest BCUT2D eigenvalue weighted by molar-refractivity contribution is -0.117. The van der Waals surface area contributed by atoms with E-state index in [1.165, 1.54) is 0 Å². The minimum atomic E-state index is -0.295. The molecule has 0 radical (unpaired) electrons. The molecule has 0 atom stereocenters. The largest absolute Gasteiger partial charge is 0.349 e. The number of carbonyl (C=O) groups is 1. The zero-order valence-electron chi connectivity index (χ0n) is 11.3. The van der Waals surface area contributed by atoms with Crippen molar-refractivity contribution in [3.63, 3.8) is 0 Å². The number of thiazole rings is 1. The van der Waals surface area contributed by atoms with Crippen LogP contribution in [0.5, 0.6) is 0 Å². The summed E-state index contributed by atoms with van der Waals surface area (Å²) in [4.78, 5) is 18.4. The van der Waals surface area contributed by atoms with Crippen molar-refractivity contribution < 1.29 is 4.79 Å². The van der Waals surface area contributed by atoms with E-state index in [0.717, 1.165) is 34.1 Å². The zero-order valence-corrected chi connectivity index (χ0v) is 12.1. The number of imidazole rings is 1. The number of hydrogen-bond donors (Lipinski definition) is 1. The van der Waals surface area contributed by atoms with E-state index < -0.39 is 0 Å². The number of carbonyl (C=O) groups excluding carboxylic acids is 1. The van der Waals surface area contributed by atoms with Crippen molar-refractivity contribution in [2.75, 3.05) is 0 Å². The molecule has 0 aromatic carbocycles. The second kappa shape index (κ2) is 4.76. The van der Waals surface area contributed by atoms with Crippen LogP contribution in [0.4, 0.5) is 0 Å². The number of nitriles is 1. The summed E-state index contributed by atoms with van der Waals surface area (Å²) >= 11 is 1.59. The fourth-order valence-electron chi connectivity index (χ4n) is 2.03. The SMILES string of the molecule is Cc1cn2c(/C=C(\C#N)C(=O)NC3CC3)c(C)nc2s1. The molecule has 1 aliphatic rings. The first-order chi connectivity index (χ1) is 9.58. The van der Waals surface area contributed by atoms with Gasteiger partial charge in [-0.3, -0.25) is 9.20 Å². The molecule has 0 spiro atoms. The number of nitrogens with zero attached hydrogens (tertiary/aromatic N) is 3. The van der Waals surface area contributed by atoms with E-state index in [1.807, 2.05) is 30.5 Å². The second-order valence-corrected chi connectivity index (χ2v) is 6.21. The van der Waals surface area contributed by atoms with Crippen molar-refractivity contribution in [2.24, 2.45) is 0 Å². The molecule has 0 saturated heterocycles. The normalized spacial score (nSPS) is 15.3. The maximum atomic E-state index is 12.0. The third-order valence-electron chi connectivity index (χ3n) is 3.22. The first-order valence-corrected chi connectivity index (χ1v) is 7.28. The van der Waals surface area contributed by atoms with Crippen LogP contribution in [0.15, 0.2) is 11.8 Å². The van der Waals surface area contributed by atoms with Crippen LogP contribution in [-0.4, -0.2) is 21.3 Å². The van der Waals surface area contributed by atoms with Crippen molar-refractivity contribution >= 4 is 28.3 Å². The van der Waals surface area contributed by atoms with Crippen LogP contribution in [0.25, 0.3) is 11.0 Å². The number of aromatic nitrogens is 2. The van der Waals surface area contributed by atoms with Gasteiger partial charge >= 0.3 is 0 Å². The fourth-order valence-corrected chi connectivity index (χ4v) is 2.91. The Morgan fingerprint density at radius 2 is 2.35 bits per heavy atom. The molecule has 1 N–H and O–H groups in total. The summed E-state index contributed by atoms with van der Waals surface area (Å²) in [6.07, 6.45) is 5.60. The minimum absolute atomic E-state index is 0.130. The highest BCUT2D eigenvalue weighted by Crippen LogP contribution is 2.23. The molecule has 6 heteroatoms. The Balaban J connectivity index is 1.99. The van der Waals surface area contributed by atoms with Crippen LogP contribution in [0, 0.1) is 25.2 Å². The summed E-state index contributed by atoms with van der Waals surface area (Å²) in [5.74, 6) is -0.295. The van der Waals surface area contributed by atoms with E-state index >= 15 is 0 Å². The number of aryl methyl sites for hydroxylation is 2. The van der Waals surface area contributed by atoms with Gasteiger partial charge < -0.3 is 5.32 Å². The van der Waals surface area contributed by atoms with Gasteiger partial charge in [-0.1, -0.05) is 0 Å². The molecule has 2 aromatic heterocycles. The quantitative estimate of drug-likeness (QED) is 0.694. The van der Waals surface area contributed by atoms with Gasteiger partial charge in [0, 0.05) is 17.1 Å². The molecule has 0 bridgehead atoms. The molecule has 1 amide bonds. The van der Waals surface area contributed by atoms with E-state index in [9.17, 15) is 10.1 Å². The highest BCUT2D eigenvalue weighted by molar-refractivity contribution is 7.17. The van der Waals surface area contributed by atoms with E-state index in [0.29, 0.717) is 0 Å². The zero-order chi connectivity index (χ0) is 14.3. The average Bonchev–Trinajstić information content (AvgIpc) is 3.06. The standard InChI is InChI=1S/C14H14N4OS/c1-8-7-18-12(9(2)16-14(18)20-8)5-10(6-15)13(19)17-11-3-4-11/h5,7,11H,3-4H2,1-2H3,(H,17,19)/b10-5+. The van der Waals surface area contributed by atoms with E-state index in [1.54, 1.807) is 17.4 Å². The molecule has 2 heterocycles. The predicted molar refractivity (Wildman–Crippen MR) is 77.3 cm³/mol. The Kier molecular flexibility index (Phi) is 3.07. The number of amides is 1. The summed E-state index contributed by atoms with van der Waals surface area (Å²) in [7, 11) is 0. The number of hydrogen-bond acceptors (Lipinski definition) is 4. The molecular formula is C14H14N4OS. The summed E-state index contributed by atoms with van der Waals surface area (Å²) in [5, 5.41) is 12.0. The van der Waals surface area contributed by atoms with Gasteiger partial charge in [0.2, 0.25) is 0 Å². The highest BCUT2D eigenvalue weighted by atomic mass is 32.1. The minimum Gasteiger partial charge on any atom is -0.349 e. The third kappa shape index (κ3) is 2.32. The van der Waals surface area contributed by atoms with Gasteiger partial charge in [0.1, 0.15) is 11.6 Å². The van der Waals surface area contributed by atoms with Crippen molar-refractivity contribution in [1.82, 2.24) is 14.7 Å². The Morgan fingerprint density at radius 1 is 1.60 bits per heavy atom. The molecule has 1 fully saturated rings. The summed E-state index contributed by atoms with van der Waals surface area (Å²) in [6, 6.07) is 2.23. The molecule has 0 unspecified atom stereocenters. The predicted octanol–water partition coefficient (Wildman–Crippen LogP) is 2.20. The monoisotopic (exact) mass is 286 g/mol. The van der Waals surface area contributed by atoms with E-state index in [-0.39, 0.29) is 17.5 Å². The maximum Gasteiger partial charge on any atom is 0.262 e. The van der Waals surface area contributed by atoms with Gasteiger partial charge in [-0.25, -0.2) is 4.98 Å². The molecule has 102 valence electrons. The summed E-state index contributed by atoms with van der Waals surface area (Å²) in [5.41, 5.74) is 1.75. The molecular weight excluding hydrogens is 272 g/mol. The lowest BCUT2D eigenvalue weighted by atomic mass is 10.2.